The van der Waals surface area contributed by atoms with Crippen molar-refractivity contribution >= 4 is 30.9 Å². The van der Waals surface area contributed by atoms with Gasteiger partial charge in [-0.15, -0.1) is 25.3 Å². The fourth-order valence-electron chi connectivity index (χ4n) is 0.625. The second-order valence-corrected chi connectivity index (χ2v) is 2.89. The Balaban J connectivity index is 3.15. The molecule has 1 aromatic carbocycles. The largest absolute Gasteiger partial charge is 0.270 e. The van der Waals surface area contributed by atoms with E-state index < -0.39 is 4.92 Å². The van der Waals surface area contributed by atoms with E-state index in [1.807, 2.05) is 0 Å². The minimum Gasteiger partial charge on any atom is -0.258 e. The minimum atomic E-state index is -0.465. The highest BCUT2D eigenvalue weighted by molar-refractivity contribution is 7.83. The second-order valence-electron chi connectivity index (χ2n) is 1.93. The van der Waals surface area contributed by atoms with Gasteiger partial charge in [0.2, 0.25) is 0 Å². The Hall–Kier alpha value is -0.680. The van der Waals surface area contributed by atoms with Gasteiger partial charge in [-0.05, 0) is 6.07 Å². The monoisotopic (exact) mass is 187 g/mol. The van der Waals surface area contributed by atoms with Crippen LogP contribution in [-0.4, -0.2) is 4.92 Å². The van der Waals surface area contributed by atoms with Crippen LogP contribution in [0.15, 0.2) is 28.0 Å². The lowest BCUT2D eigenvalue weighted by Gasteiger charge is -1.95. The van der Waals surface area contributed by atoms with Gasteiger partial charge in [0.1, 0.15) is 0 Å². The summed E-state index contributed by atoms with van der Waals surface area (Å²) in [7, 11) is 0. The van der Waals surface area contributed by atoms with Gasteiger partial charge in [0.05, 0.1) is 4.92 Å². The van der Waals surface area contributed by atoms with Gasteiger partial charge in [-0.1, -0.05) is 0 Å². The number of benzene rings is 1. The number of nitro benzene ring substituents is 1. The zero-order valence-corrected chi connectivity index (χ0v) is 7.18. The number of rotatable bonds is 1. The molecule has 3 nitrogen and oxygen atoms in total. The SMILES string of the molecule is O=[N+]([O-])c1ccc(S)c(S)c1. The average Bonchev–Trinajstić information content (AvgIpc) is 1.94. The van der Waals surface area contributed by atoms with Gasteiger partial charge in [-0.3, -0.25) is 10.1 Å². The summed E-state index contributed by atoms with van der Waals surface area (Å²) in [5.41, 5.74) is 0.0350. The Morgan fingerprint density at radius 1 is 1.27 bits per heavy atom. The van der Waals surface area contributed by atoms with Gasteiger partial charge in [-0.2, -0.15) is 0 Å². The lowest BCUT2D eigenvalue weighted by Crippen LogP contribution is -1.87. The third-order valence-electron chi connectivity index (χ3n) is 1.17. The maximum absolute atomic E-state index is 10.2. The molecular formula is C6H5NO2S2. The van der Waals surface area contributed by atoms with E-state index in [4.69, 9.17) is 0 Å². The van der Waals surface area contributed by atoms with Crippen molar-refractivity contribution in [1.82, 2.24) is 0 Å². The molecule has 0 fully saturated rings. The molecule has 0 bridgehead atoms. The van der Waals surface area contributed by atoms with Crippen molar-refractivity contribution in [2.24, 2.45) is 0 Å². The molecule has 0 spiro atoms. The van der Waals surface area contributed by atoms with E-state index >= 15 is 0 Å². The highest BCUT2D eigenvalue weighted by atomic mass is 32.1. The molecule has 58 valence electrons. The Kier molecular flexibility index (Phi) is 2.41. The van der Waals surface area contributed by atoms with E-state index in [1.165, 1.54) is 12.1 Å². The Morgan fingerprint density at radius 2 is 1.91 bits per heavy atom. The summed E-state index contributed by atoms with van der Waals surface area (Å²) in [6, 6.07) is 4.30. The van der Waals surface area contributed by atoms with Crippen LogP contribution >= 0.6 is 25.3 Å². The molecule has 0 saturated carbocycles. The molecule has 5 heteroatoms. The first-order chi connectivity index (χ1) is 5.11. The molecule has 0 atom stereocenters. The Labute approximate surface area is 74.4 Å². The molecule has 1 aromatic rings. The molecule has 0 saturated heterocycles. The maximum atomic E-state index is 10.2. The molecule has 1 rings (SSSR count). The van der Waals surface area contributed by atoms with Gasteiger partial charge >= 0.3 is 0 Å². The molecule has 0 heterocycles. The zero-order chi connectivity index (χ0) is 8.43. The molecule has 0 amide bonds. The molecule has 0 N–H and O–H groups in total. The lowest BCUT2D eigenvalue weighted by molar-refractivity contribution is -0.385. The Bertz CT molecular complexity index is 301. The van der Waals surface area contributed by atoms with Crippen LogP contribution in [0.25, 0.3) is 0 Å². The van der Waals surface area contributed by atoms with Crippen molar-refractivity contribution < 1.29 is 4.92 Å². The number of hydrogen-bond donors (Lipinski definition) is 2. The topological polar surface area (TPSA) is 43.1 Å². The molecule has 11 heavy (non-hydrogen) atoms. The predicted molar refractivity (Wildman–Crippen MR) is 47.6 cm³/mol. The zero-order valence-electron chi connectivity index (χ0n) is 5.39. The van der Waals surface area contributed by atoms with Gasteiger partial charge < -0.3 is 0 Å². The summed E-state index contributed by atoms with van der Waals surface area (Å²) < 4.78 is 0. The molecule has 0 aliphatic heterocycles. The second kappa shape index (κ2) is 3.15. The van der Waals surface area contributed by atoms with Gasteiger partial charge in [0, 0.05) is 21.9 Å². The number of nitro groups is 1. The van der Waals surface area contributed by atoms with Crippen LogP contribution in [-0.2, 0) is 0 Å². The van der Waals surface area contributed by atoms with Crippen molar-refractivity contribution in [2.45, 2.75) is 9.79 Å². The smallest absolute Gasteiger partial charge is 0.258 e. The normalized spacial score (nSPS) is 9.64. The highest BCUT2D eigenvalue weighted by Crippen LogP contribution is 2.22. The van der Waals surface area contributed by atoms with E-state index in [0.29, 0.717) is 9.79 Å². The van der Waals surface area contributed by atoms with Gasteiger partial charge in [0.15, 0.2) is 0 Å². The molecule has 0 unspecified atom stereocenters. The van der Waals surface area contributed by atoms with E-state index in [1.54, 1.807) is 6.07 Å². The van der Waals surface area contributed by atoms with Crippen LogP contribution in [0.1, 0.15) is 0 Å². The summed E-state index contributed by atoms with van der Waals surface area (Å²) >= 11 is 8.00. The third-order valence-corrected chi connectivity index (χ3v) is 2.11. The predicted octanol–water partition coefficient (Wildman–Crippen LogP) is 2.17. The van der Waals surface area contributed by atoms with Crippen LogP contribution < -0.4 is 0 Å². The van der Waals surface area contributed by atoms with Crippen LogP contribution in [0.5, 0.6) is 0 Å². The van der Waals surface area contributed by atoms with Crippen molar-refractivity contribution in [1.29, 1.82) is 0 Å². The van der Waals surface area contributed by atoms with Crippen LogP contribution in [0.2, 0.25) is 0 Å². The summed E-state index contributed by atoms with van der Waals surface area (Å²) in [5, 5.41) is 10.2. The third kappa shape index (κ3) is 1.87. The molecular weight excluding hydrogens is 182 g/mol. The molecule has 0 aliphatic rings. The maximum Gasteiger partial charge on any atom is 0.270 e. The average molecular weight is 187 g/mol. The van der Waals surface area contributed by atoms with Crippen molar-refractivity contribution in [2.75, 3.05) is 0 Å². The fourth-order valence-corrected chi connectivity index (χ4v) is 0.971. The standard InChI is InChI=1S/C6H5NO2S2/c8-7(9)4-1-2-5(10)6(11)3-4/h1-3,10-11H. The van der Waals surface area contributed by atoms with E-state index in [-0.39, 0.29) is 5.69 Å². The quantitative estimate of drug-likeness (QED) is 0.402. The molecule has 0 aliphatic carbocycles. The van der Waals surface area contributed by atoms with Crippen molar-refractivity contribution in [3.05, 3.63) is 28.3 Å². The van der Waals surface area contributed by atoms with Crippen LogP contribution in [0, 0.1) is 10.1 Å². The fraction of sp³-hybridized carbons (Fsp3) is 0. The lowest BCUT2D eigenvalue weighted by atomic mass is 10.3. The van der Waals surface area contributed by atoms with E-state index in [2.05, 4.69) is 25.3 Å². The number of thiol groups is 2. The molecule has 0 radical (unpaired) electrons. The Morgan fingerprint density at radius 3 is 2.36 bits per heavy atom. The van der Waals surface area contributed by atoms with Crippen molar-refractivity contribution in [3.8, 4) is 0 Å². The summed E-state index contributed by atoms with van der Waals surface area (Å²) in [4.78, 5) is 10.9. The first-order valence-electron chi connectivity index (χ1n) is 2.77. The number of nitrogens with zero attached hydrogens (tertiary/aromatic N) is 1. The minimum absolute atomic E-state index is 0.0350. The van der Waals surface area contributed by atoms with E-state index in [0.717, 1.165) is 0 Å². The highest BCUT2D eigenvalue weighted by Gasteiger charge is 2.05. The van der Waals surface area contributed by atoms with Crippen LogP contribution in [0.3, 0.4) is 0 Å². The van der Waals surface area contributed by atoms with Gasteiger partial charge in [-0.25, -0.2) is 0 Å². The van der Waals surface area contributed by atoms with E-state index in [9.17, 15) is 10.1 Å². The van der Waals surface area contributed by atoms with Gasteiger partial charge in [0.25, 0.3) is 5.69 Å². The summed E-state index contributed by atoms with van der Waals surface area (Å²) in [6.07, 6.45) is 0. The summed E-state index contributed by atoms with van der Waals surface area (Å²) in [6.45, 7) is 0. The summed E-state index contributed by atoms with van der Waals surface area (Å²) in [5.74, 6) is 0. The molecule has 0 aromatic heterocycles. The first-order valence-corrected chi connectivity index (χ1v) is 3.67. The number of non-ortho nitro benzene ring substituents is 1. The van der Waals surface area contributed by atoms with Crippen molar-refractivity contribution in [3.63, 3.8) is 0 Å². The first kappa shape index (κ1) is 8.42. The number of hydrogen-bond acceptors (Lipinski definition) is 4. The van der Waals surface area contributed by atoms with Crippen LogP contribution in [0.4, 0.5) is 5.69 Å².